The lowest BCUT2D eigenvalue weighted by Gasteiger charge is -2.50. The van der Waals surface area contributed by atoms with Crippen molar-refractivity contribution in [3.63, 3.8) is 0 Å². The molecular formula is C35H30BrCl2N3O7. The summed E-state index contributed by atoms with van der Waals surface area (Å²) in [6.45, 7) is 0. The molecule has 3 fully saturated rings. The number of fused-ring (bicyclic) bond motifs is 4. The first-order valence-electron chi connectivity index (χ1n) is 15.2. The fraction of sp³-hybridized carbons (Fsp3) is 0.314. The smallest absolute Gasteiger partial charge is 0.254 e. The fourth-order valence-electron chi connectivity index (χ4n) is 7.84. The van der Waals surface area contributed by atoms with E-state index in [4.69, 9.17) is 32.7 Å². The van der Waals surface area contributed by atoms with E-state index in [-0.39, 0.29) is 41.5 Å². The number of nitrogens with zero attached hydrogens (tertiary/aromatic N) is 2. The zero-order valence-electron chi connectivity index (χ0n) is 25.8. The average molecular weight is 755 g/mol. The van der Waals surface area contributed by atoms with Crippen LogP contribution < -0.4 is 19.7 Å². The minimum atomic E-state index is -2.01. The van der Waals surface area contributed by atoms with Gasteiger partial charge in [-0.2, -0.15) is 0 Å². The third-order valence-corrected chi connectivity index (χ3v) is 12.0. The van der Waals surface area contributed by atoms with E-state index in [1.165, 1.54) is 31.3 Å². The molecule has 3 aromatic rings. The number of likely N-dealkylation sites (tertiary alicyclic amines) is 1. The maximum Gasteiger partial charge on any atom is 0.254 e. The van der Waals surface area contributed by atoms with Crippen LogP contribution in [0.25, 0.3) is 0 Å². The molecule has 2 aliphatic carbocycles. The summed E-state index contributed by atoms with van der Waals surface area (Å²) in [5, 5.41) is 14.0. The number of nitrogens with one attached hydrogen (secondary N) is 1. The van der Waals surface area contributed by atoms with Gasteiger partial charge in [0.1, 0.15) is 0 Å². The lowest BCUT2D eigenvalue weighted by atomic mass is 9.56. The number of amides is 4. The minimum absolute atomic E-state index is 0.0545. The highest BCUT2D eigenvalue weighted by Crippen LogP contribution is 2.66. The van der Waals surface area contributed by atoms with Gasteiger partial charge in [0.2, 0.25) is 17.6 Å². The summed E-state index contributed by atoms with van der Waals surface area (Å²) in [6.07, 6.45) is 1.91. The van der Waals surface area contributed by atoms with Gasteiger partial charge in [0.25, 0.3) is 11.8 Å². The molecule has 6 atom stereocenters. The number of benzene rings is 3. The molecule has 7 rings (SSSR count). The van der Waals surface area contributed by atoms with Crippen LogP contribution in [0.2, 0.25) is 0 Å². The maximum atomic E-state index is 14.4. The van der Waals surface area contributed by atoms with Crippen molar-refractivity contribution in [1.29, 1.82) is 0 Å². The number of phenolic OH excluding ortho intramolecular Hbond substituents is 1. The van der Waals surface area contributed by atoms with E-state index in [0.29, 0.717) is 16.8 Å². The number of imide groups is 2. The van der Waals surface area contributed by atoms with E-state index < -0.39 is 51.1 Å². The molecule has 0 bridgehead atoms. The highest BCUT2D eigenvalue weighted by Gasteiger charge is 2.76. The van der Waals surface area contributed by atoms with Crippen molar-refractivity contribution in [3.8, 4) is 17.2 Å². The Labute approximate surface area is 294 Å². The molecule has 6 unspecified atom stereocenters. The summed E-state index contributed by atoms with van der Waals surface area (Å²) < 4.78 is 10.8. The maximum absolute atomic E-state index is 14.4. The van der Waals surface area contributed by atoms with Crippen LogP contribution in [-0.4, -0.2) is 63.1 Å². The van der Waals surface area contributed by atoms with Crippen molar-refractivity contribution in [1.82, 2.24) is 4.90 Å². The number of alkyl halides is 3. The molecule has 4 amide bonds. The zero-order valence-corrected chi connectivity index (χ0v) is 28.9. The summed E-state index contributed by atoms with van der Waals surface area (Å²) in [6, 6.07) is 19.7. The van der Waals surface area contributed by atoms with Crippen molar-refractivity contribution < 1.29 is 33.8 Å². The molecular weight excluding hydrogens is 725 g/mol. The number of methoxy groups -OCH3 is 2. The molecule has 2 aliphatic heterocycles. The summed E-state index contributed by atoms with van der Waals surface area (Å²) in [7, 11) is 2.74. The highest BCUT2D eigenvalue weighted by atomic mass is 79.9. The Bertz CT molecular complexity index is 1870. The number of allylic oxidation sites excluding steroid dienone is 2. The third kappa shape index (κ3) is 4.50. The summed E-state index contributed by atoms with van der Waals surface area (Å²) in [5.41, 5.74) is 2.96. The minimum Gasteiger partial charge on any atom is -0.502 e. The molecule has 0 aromatic heterocycles. The van der Waals surface area contributed by atoms with Crippen molar-refractivity contribution >= 4 is 79.8 Å². The number of anilines is 3. The first-order valence-corrected chi connectivity index (χ1v) is 17.1. The van der Waals surface area contributed by atoms with Crippen molar-refractivity contribution in [2.45, 2.75) is 28.5 Å². The van der Waals surface area contributed by atoms with Gasteiger partial charge >= 0.3 is 0 Å². The number of ether oxygens (including phenoxy) is 2. The van der Waals surface area contributed by atoms with Gasteiger partial charge in [-0.25, -0.2) is 0 Å². The number of para-hydroxylation sites is 1. The van der Waals surface area contributed by atoms with E-state index in [0.717, 1.165) is 16.3 Å². The van der Waals surface area contributed by atoms with Crippen LogP contribution in [0.4, 0.5) is 17.1 Å². The SMILES string of the molecule is COc1cc(C2C3=CCC4C(=O)N(c5ccc(Nc6ccccc6)cc5)C(=O)C4C3CC3(Cl)C(=O)N(CBr)C(=O)C23Cl)cc(OC)c1O. The molecule has 13 heteroatoms. The normalized spacial score (nSPS) is 29.3. The quantitative estimate of drug-likeness (QED) is 0.129. The molecule has 248 valence electrons. The Hall–Kier alpha value is -4.06. The molecule has 3 aromatic carbocycles. The monoisotopic (exact) mass is 753 g/mol. The van der Waals surface area contributed by atoms with E-state index in [1.54, 1.807) is 24.3 Å². The van der Waals surface area contributed by atoms with E-state index in [1.807, 2.05) is 36.4 Å². The molecule has 10 nitrogen and oxygen atoms in total. The van der Waals surface area contributed by atoms with Gasteiger partial charge in [-0.3, -0.25) is 29.0 Å². The molecule has 2 saturated heterocycles. The topological polar surface area (TPSA) is 125 Å². The number of hydrogen-bond donors (Lipinski definition) is 2. The van der Waals surface area contributed by atoms with Gasteiger partial charge in [0.05, 0.1) is 37.2 Å². The second-order valence-corrected chi connectivity index (χ2v) is 14.1. The first-order chi connectivity index (χ1) is 23.0. The Morgan fingerprint density at radius 3 is 2.12 bits per heavy atom. The number of hydrogen-bond acceptors (Lipinski definition) is 8. The summed E-state index contributed by atoms with van der Waals surface area (Å²) >= 11 is 17.9. The first kappa shape index (κ1) is 32.5. The van der Waals surface area contributed by atoms with Gasteiger partial charge in [0.15, 0.2) is 21.2 Å². The third-order valence-electron chi connectivity index (χ3n) is 10.0. The number of phenols is 1. The van der Waals surface area contributed by atoms with Gasteiger partial charge in [-0.05, 0) is 72.9 Å². The van der Waals surface area contributed by atoms with E-state index in [2.05, 4.69) is 21.2 Å². The lowest BCUT2D eigenvalue weighted by Crippen LogP contribution is -2.60. The number of carbonyl (C=O) groups is 4. The predicted molar refractivity (Wildman–Crippen MR) is 183 cm³/mol. The Morgan fingerprint density at radius 1 is 0.896 bits per heavy atom. The highest BCUT2D eigenvalue weighted by molar-refractivity contribution is 9.09. The summed E-state index contributed by atoms with van der Waals surface area (Å²) in [4.78, 5) is 54.5. The van der Waals surface area contributed by atoms with Gasteiger partial charge in [-0.1, -0.05) is 45.8 Å². The fourth-order valence-corrected chi connectivity index (χ4v) is 9.27. The van der Waals surface area contributed by atoms with Gasteiger partial charge < -0.3 is 19.9 Å². The predicted octanol–water partition coefficient (Wildman–Crippen LogP) is 6.07. The number of carbonyl (C=O) groups excluding carboxylic acids is 4. The second-order valence-electron chi connectivity index (χ2n) is 12.3. The zero-order chi connectivity index (χ0) is 34.1. The van der Waals surface area contributed by atoms with Crippen LogP contribution in [-0.2, 0) is 19.2 Å². The summed E-state index contributed by atoms with van der Waals surface area (Å²) in [5.74, 6) is -5.63. The molecule has 2 heterocycles. The largest absolute Gasteiger partial charge is 0.502 e. The van der Waals surface area contributed by atoms with Crippen LogP contribution in [0, 0.1) is 17.8 Å². The van der Waals surface area contributed by atoms with Crippen LogP contribution in [0.3, 0.4) is 0 Å². The molecule has 0 spiro atoms. The van der Waals surface area contributed by atoms with E-state index >= 15 is 0 Å². The van der Waals surface area contributed by atoms with E-state index in [9.17, 15) is 24.3 Å². The van der Waals surface area contributed by atoms with Gasteiger partial charge in [0, 0.05) is 17.3 Å². The number of halogens is 3. The van der Waals surface area contributed by atoms with Crippen molar-refractivity contribution in [2.24, 2.45) is 17.8 Å². The average Bonchev–Trinajstić information content (AvgIpc) is 3.43. The molecule has 0 radical (unpaired) electrons. The number of rotatable bonds is 7. The van der Waals surface area contributed by atoms with Crippen molar-refractivity contribution in [3.05, 3.63) is 83.9 Å². The Morgan fingerprint density at radius 2 is 1.52 bits per heavy atom. The van der Waals surface area contributed by atoms with Gasteiger partial charge in [-0.15, -0.1) is 23.2 Å². The Balaban J connectivity index is 1.31. The second kappa shape index (κ2) is 11.8. The van der Waals surface area contributed by atoms with Crippen LogP contribution in [0.15, 0.2) is 78.4 Å². The lowest BCUT2D eigenvalue weighted by molar-refractivity contribution is -0.138. The van der Waals surface area contributed by atoms with Crippen LogP contribution >= 0.6 is 39.1 Å². The molecule has 2 N–H and O–H groups in total. The number of aromatic hydroxyl groups is 1. The molecule has 48 heavy (non-hydrogen) atoms. The van der Waals surface area contributed by atoms with Crippen LogP contribution in [0.5, 0.6) is 17.2 Å². The standard InChI is InChI=1S/C35H30BrCl2N3O7/c1-47-25-14-18(15-26(48-2)29(25)42)28-22-12-13-23-27(24(22)16-34(37)32(45)40(17-36)33(46)35(28,34)38)31(44)41(30(23)43)21-10-8-20(9-11-21)39-19-6-4-3-5-7-19/h3-12,14-15,23-24,27-28,39,42H,13,16-17H2,1-2H3. The molecule has 4 aliphatic rings. The van der Waals surface area contributed by atoms with Crippen molar-refractivity contribution in [2.75, 3.05) is 29.9 Å². The Kier molecular flexibility index (Phi) is 8.00. The van der Waals surface area contributed by atoms with Crippen LogP contribution in [0.1, 0.15) is 24.3 Å². The molecule has 1 saturated carbocycles.